The average molecular weight is 422 g/mol. The lowest BCUT2D eigenvalue weighted by Crippen LogP contribution is -2.50. The fourth-order valence-corrected chi connectivity index (χ4v) is 4.31. The zero-order chi connectivity index (χ0) is 22.0. The number of nitrogens with zero attached hydrogens (tertiary/aromatic N) is 4. The van der Waals surface area contributed by atoms with E-state index >= 15 is 0 Å². The van der Waals surface area contributed by atoms with Gasteiger partial charge < -0.3 is 14.8 Å². The minimum absolute atomic E-state index is 0.0276. The minimum atomic E-state index is -0.418. The molecule has 30 heavy (non-hydrogen) atoms. The van der Waals surface area contributed by atoms with Crippen molar-refractivity contribution in [3.63, 3.8) is 0 Å². The first-order chi connectivity index (χ1) is 14.3. The number of allylic oxidation sites excluding steroid dienone is 1. The molecule has 0 aliphatic carbocycles. The van der Waals surface area contributed by atoms with Crippen LogP contribution in [0.1, 0.15) is 43.8 Å². The number of likely N-dealkylation sites (N-methyl/N-ethyl adjacent to an activating group) is 1. The van der Waals surface area contributed by atoms with Crippen LogP contribution in [-0.4, -0.2) is 33.6 Å². The normalized spacial score (nSPS) is 16.3. The van der Waals surface area contributed by atoms with Gasteiger partial charge in [-0.05, 0) is 58.1 Å². The van der Waals surface area contributed by atoms with E-state index in [1.165, 1.54) is 0 Å². The number of amides is 1. The van der Waals surface area contributed by atoms with Gasteiger partial charge in [-0.3, -0.25) is 9.69 Å². The van der Waals surface area contributed by atoms with Crippen LogP contribution in [0.3, 0.4) is 0 Å². The van der Waals surface area contributed by atoms with Crippen LogP contribution in [0.25, 0.3) is 0 Å². The Labute approximate surface area is 183 Å². The largest absolute Gasteiger partial charge is 0.351 e. The fraction of sp³-hybridized carbons (Fsp3) is 0.348. The van der Waals surface area contributed by atoms with E-state index < -0.39 is 6.04 Å². The summed E-state index contributed by atoms with van der Waals surface area (Å²) in [6, 6.07) is 13.4. The Morgan fingerprint density at radius 3 is 2.40 bits per heavy atom. The number of nitrogens with one attached hydrogen (secondary N) is 1. The van der Waals surface area contributed by atoms with Gasteiger partial charge in [-0.2, -0.15) is 5.26 Å². The molecule has 1 amide bonds. The lowest BCUT2D eigenvalue weighted by molar-refractivity contribution is -0.127. The highest BCUT2D eigenvalue weighted by Crippen LogP contribution is 2.36. The molecule has 6 nitrogen and oxygen atoms in total. The predicted molar refractivity (Wildman–Crippen MR) is 123 cm³/mol. The number of hydrogen-bond acceptors (Lipinski definition) is 3. The van der Waals surface area contributed by atoms with E-state index in [-0.39, 0.29) is 5.91 Å². The zero-order valence-corrected chi connectivity index (χ0v) is 18.9. The van der Waals surface area contributed by atoms with Gasteiger partial charge in [-0.25, -0.2) is 0 Å². The molecule has 0 unspecified atom stereocenters. The van der Waals surface area contributed by atoms with Crippen LogP contribution in [0.5, 0.6) is 0 Å². The molecular weight excluding hydrogens is 394 g/mol. The summed E-state index contributed by atoms with van der Waals surface area (Å²) in [5, 5.41) is 13.4. The van der Waals surface area contributed by atoms with Crippen molar-refractivity contribution in [2.45, 2.75) is 33.7 Å². The summed E-state index contributed by atoms with van der Waals surface area (Å²) in [7, 11) is 1.86. The van der Waals surface area contributed by atoms with Crippen molar-refractivity contribution < 1.29 is 4.79 Å². The number of rotatable bonds is 5. The third kappa shape index (κ3) is 3.59. The molecule has 3 rings (SSSR count). The molecule has 0 spiro atoms. The van der Waals surface area contributed by atoms with Gasteiger partial charge in [-0.1, -0.05) is 18.2 Å². The van der Waals surface area contributed by atoms with E-state index in [1.807, 2.05) is 85.5 Å². The van der Waals surface area contributed by atoms with E-state index in [0.717, 1.165) is 22.6 Å². The second-order valence-corrected chi connectivity index (χ2v) is 7.66. The van der Waals surface area contributed by atoms with Gasteiger partial charge in [0.1, 0.15) is 11.8 Å². The van der Waals surface area contributed by atoms with Crippen molar-refractivity contribution in [2.24, 2.45) is 7.05 Å². The number of hydrogen-bond donors (Lipinski definition) is 1. The molecule has 1 atom stereocenters. The van der Waals surface area contributed by atoms with Crippen LogP contribution in [-0.2, 0) is 11.8 Å². The molecule has 0 bridgehead atoms. The maximum Gasteiger partial charge on any atom is 0.253 e. The van der Waals surface area contributed by atoms with E-state index in [9.17, 15) is 10.1 Å². The smallest absolute Gasteiger partial charge is 0.253 e. The number of benzene rings is 1. The first-order valence-electron chi connectivity index (χ1n) is 10.1. The number of anilines is 1. The first-order valence-corrected chi connectivity index (χ1v) is 10.5. The highest BCUT2D eigenvalue weighted by atomic mass is 32.1. The van der Waals surface area contributed by atoms with Gasteiger partial charge in [0.05, 0.1) is 11.6 Å². The molecule has 1 aliphatic rings. The molecule has 1 aliphatic heterocycles. The quantitative estimate of drug-likeness (QED) is 0.745. The molecule has 1 N–H and O–H groups in total. The number of carbonyl (C=O) groups excluding carboxylic acids is 1. The average Bonchev–Trinajstić information content (AvgIpc) is 3.03. The summed E-state index contributed by atoms with van der Waals surface area (Å²) < 4.78 is 1.85. The summed E-state index contributed by atoms with van der Waals surface area (Å²) in [6.07, 6.45) is 0. The monoisotopic (exact) mass is 421 g/mol. The number of carbonyl (C=O) groups is 1. The van der Waals surface area contributed by atoms with Gasteiger partial charge in [0.2, 0.25) is 0 Å². The Balaban J connectivity index is 2.22. The second kappa shape index (κ2) is 8.72. The van der Waals surface area contributed by atoms with Crippen LogP contribution in [0.15, 0.2) is 47.7 Å². The van der Waals surface area contributed by atoms with Crippen molar-refractivity contribution >= 4 is 28.9 Å². The van der Waals surface area contributed by atoms with Gasteiger partial charge in [0.15, 0.2) is 5.11 Å². The molecule has 0 saturated heterocycles. The Kier molecular flexibility index (Phi) is 6.28. The number of thiocarbonyl (C=S) groups is 1. The van der Waals surface area contributed by atoms with Crippen molar-refractivity contribution in [1.82, 2.24) is 14.8 Å². The van der Waals surface area contributed by atoms with Crippen LogP contribution in [0, 0.1) is 18.3 Å². The van der Waals surface area contributed by atoms with Gasteiger partial charge >= 0.3 is 0 Å². The molecule has 156 valence electrons. The molecule has 2 aromatic rings. The third-order valence-electron chi connectivity index (χ3n) is 5.78. The number of nitriles is 1. The molecule has 1 aromatic heterocycles. The highest BCUT2D eigenvalue weighted by Gasteiger charge is 2.37. The van der Waals surface area contributed by atoms with Crippen LogP contribution in [0.2, 0.25) is 0 Å². The third-order valence-corrected chi connectivity index (χ3v) is 6.08. The van der Waals surface area contributed by atoms with Crippen LogP contribution < -0.4 is 10.2 Å². The number of aromatic nitrogens is 1. The highest BCUT2D eigenvalue weighted by molar-refractivity contribution is 7.80. The first kappa shape index (κ1) is 21.6. The molecule has 2 heterocycles. The molecule has 0 fully saturated rings. The van der Waals surface area contributed by atoms with Crippen LogP contribution >= 0.6 is 12.2 Å². The molecule has 7 heteroatoms. The van der Waals surface area contributed by atoms with Gasteiger partial charge in [0.25, 0.3) is 5.91 Å². The Bertz CT molecular complexity index is 1040. The van der Waals surface area contributed by atoms with E-state index in [4.69, 9.17) is 12.2 Å². The summed E-state index contributed by atoms with van der Waals surface area (Å²) in [4.78, 5) is 17.3. The van der Waals surface area contributed by atoms with Gasteiger partial charge in [0, 0.05) is 42.8 Å². The Hall–Kier alpha value is -3.11. The van der Waals surface area contributed by atoms with Crippen molar-refractivity contribution in [3.8, 4) is 6.07 Å². The fourth-order valence-electron chi connectivity index (χ4n) is 3.94. The summed E-state index contributed by atoms with van der Waals surface area (Å²) in [6.45, 7) is 9.08. The second-order valence-electron chi connectivity index (χ2n) is 7.27. The van der Waals surface area contributed by atoms with Crippen molar-refractivity contribution in [3.05, 3.63) is 64.6 Å². The SMILES string of the molecule is CCN(CC)C(=O)C1=C(C)N(c2ccccc2)C(=S)N[C@H]1c1cc(C#N)n(C)c1C. The minimum Gasteiger partial charge on any atom is -0.351 e. The van der Waals surface area contributed by atoms with Crippen molar-refractivity contribution in [2.75, 3.05) is 18.0 Å². The number of para-hydroxylation sites is 1. The van der Waals surface area contributed by atoms with Gasteiger partial charge in [-0.15, -0.1) is 0 Å². The summed E-state index contributed by atoms with van der Waals surface area (Å²) in [5.74, 6) is -0.0276. The molecular formula is C23H27N5OS. The Morgan fingerprint density at radius 2 is 1.87 bits per heavy atom. The lowest BCUT2D eigenvalue weighted by atomic mass is 9.93. The maximum atomic E-state index is 13.6. The topological polar surface area (TPSA) is 64.3 Å². The maximum absolute atomic E-state index is 13.6. The molecule has 0 radical (unpaired) electrons. The predicted octanol–water partition coefficient (Wildman–Crippen LogP) is 3.78. The van der Waals surface area contributed by atoms with E-state index in [2.05, 4.69) is 11.4 Å². The molecule has 1 aromatic carbocycles. The van der Waals surface area contributed by atoms with Crippen molar-refractivity contribution in [1.29, 1.82) is 5.26 Å². The van der Waals surface area contributed by atoms with E-state index in [1.54, 1.807) is 0 Å². The summed E-state index contributed by atoms with van der Waals surface area (Å²) >= 11 is 5.72. The standard InChI is InChI=1S/C23H27N5OS/c1-6-27(7-2)22(29)20-16(4)28(17-11-9-8-10-12-17)23(30)25-21(20)19-13-18(14-24)26(5)15(19)3/h8-13,21H,6-7H2,1-5H3,(H,25,30)/t21-/m0/s1. The van der Waals surface area contributed by atoms with Crippen LogP contribution in [0.4, 0.5) is 5.69 Å². The summed E-state index contributed by atoms with van der Waals surface area (Å²) in [5.41, 5.74) is 4.71. The lowest BCUT2D eigenvalue weighted by Gasteiger charge is -2.39. The Morgan fingerprint density at radius 1 is 1.23 bits per heavy atom. The zero-order valence-electron chi connectivity index (χ0n) is 18.1. The molecule has 0 saturated carbocycles. The van der Waals surface area contributed by atoms with E-state index in [0.29, 0.717) is 29.5 Å².